The molecule has 0 aromatic rings. The zero-order valence-corrected chi connectivity index (χ0v) is 8.01. The molecule has 0 aromatic carbocycles. The molecule has 0 radical (unpaired) electrons. The van der Waals surface area contributed by atoms with Crippen LogP contribution in [0.4, 0.5) is 0 Å². The third-order valence-electron chi connectivity index (χ3n) is 3.94. The predicted molar refractivity (Wildman–Crippen MR) is 46.3 cm³/mol. The van der Waals surface area contributed by atoms with Crippen molar-refractivity contribution in [1.82, 2.24) is 0 Å². The van der Waals surface area contributed by atoms with Crippen molar-refractivity contribution >= 4 is 0 Å². The van der Waals surface area contributed by atoms with E-state index < -0.39 is 0 Å². The van der Waals surface area contributed by atoms with Gasteiger partial charge in [0, 0.05) is 18.3 Å². The lowest BCUT2D eigenvalue weighted by Crippen LogP contribution is -2.53. The van der Waals surface area contributed by atoms with Crippen LogP contribution in [0.1, 0.15) is 20.3 Å². The Balaban J connectivity index is 1.97. The number of fused-ring (bicyclic) bond motifs is 2. The van der Waals surface area contributed by atoms with Crippen molar-refractivity contribution in [2.24, 2.45) is 11.8 Å². The van der Waals surface area contributed by atoms with E-state index in [4.69, 9.17) is 9.47 Å². The smallest absolute Gasteiger partial charge is 0.0893 e. The lowest BCUT2D eigenvalue weighted by Gasteiger charge is -2.42. The number of rotatable bonds is 0. The van der Waals surface area contributed by atoms with Crippen LogP contribution >= 0.6 is 0 Å². The van der Waals surface area contributed by atoms with Crippen LogP contribution in [-0.4, -0.2) is 35.6 Å². The highest BCUT2D eigenvalue weighted by atomic mass is 16.6. The summed E-state index contributed by atoms with van der Waals surface area (Å²) in [6, 6.07) is 0. The van der Waals surface area contributed by atoms with Crippen LogP contribution in [0.15, 0.2) is 0 Å². The van der Waals surface area contributed by atoms with Crippen LogP contribution < -0.4 is 0 Å². The fourth-order valence-electron chi connectivity index (χ4n) is 3.24. The SMILES string of the molecule is C[C@@H]1[C@H]2OC3C(O)C[C@H]2O[C@H]1[C@H]3C. The second-order valence-corrected chi connectivity index (χ2v) is 4.73. The molecule has 13 heavy (non-hydrogen) atoms. The molecule has 1 N–H and O–H groups in total. The van der Waals surface area contributed by atoms with E-state index in [1.54, 1.807) is 0 Å². The molecule has 3 fully saturated rings. The number of aliphatic hydroxyl groups excluding tert-OH is 1. The Morgan fingerprint density at radius 1 is 1.00 bits per heavy atom. The second-order valence-electron chi connectivity index (χ2n) is 4.73. The molecule has 7 atom stereocenters. The molecule has 3 saturated heterocycles. The molecule has 0 saturated carbocycles. The maximum atomic E-state index is 9.77. The van der Waals surface area contributed by atoms with Crippen molar-refractivity contribution in [3.63, 3.8) is 0 Å². The number of ether oxygens (including phenoxy) is 2. The highest BCUT2D eigenvalue weighted by Gasteiger charge is 2.57. The summed E-state index contributed by atoms with van der Waals surface area (Å²) in [6.45, 7) is 4.32. The van der Waals surface area contributed by atoms with Gasteiger partial charge in [-0.25, -0.2) is 0 Å². The Kier molecular flexibility index (Phi) is 1.56. The van der Waals surface area contributed by atoms with Crippen LogP contribution in [0, 0.1) is 11.8 Å². The van der Waals surface area contributed by atoms with Crippen LogP contribution in [0.3, 0.4) is 0 Å². The summed E-state index contributed by atoms with van der Waals surface area (Å²) < 4.78 is 11.7. The van der Waals surface area contributed by atoms with Gasteiger partial charge in [0.1, 0.15) is 0 Å². The summed E-state index contributed by atoms with van der Waals surface area (Å²) in [5.41, 5.74) is 0. The van der Waals surface area contributed by atoms with Gasteiger partial charge in [-0.05, 0) is 0 Å². The monoisotopic (exact) mass is 184 g/mol. The van der Waals surface area contributed by atoms with Gasteiger partial charge in [0.15, 0.2) is 0 Å². The molecule has 3 bridgehead atoms. The molecule has 0 spiro atoms. The Morgan fingerprint density at radius 3 is 2.46 bits per heavy atom. The largest absolute Gasteiger partial charge is 0.390 e. The standard InChI is InChI=1S/C10H16O3/c1-4-8-5(2)10-7(12-8)3-6(11)9(4)13-10/h4-11H,3H2,1-2H3/t4-,5+,6?,7-,8+,9?,10-/m1/s1. The second kappa shape index (κ2) is 2.47. The van der Waals surface area contributed by atoms with Crippen molar-refractivity contribution in [2.75, 3.05) is 0 Å². The number of hydrogen-bond acceptors (Lipinski definition) is 3. The summed E-state index contributed by atoms with van der Waals surface area (Å²) in [6.07, 6.45) is 1.18. The van der Waals surface area contributed by atoms with E-state index in [0.29, 0.717) is 17.9 Å². The van der Waals surface area contributed by atoms with E-state index in [9.17, 15) is 5.11 Å². The molecular formula is C10H16O3. The summed E-state index contributed by atoms with van der Waals surface area (Å²) in [5, 5.41) is 9.77. The summed E-state index contributed by atoms with van der Waals surface area (Å²) in [5.74, 6) is 0.845. The first-order chi connectivity index (χ1) is 6.18. The first kappa shape index (κ1) is 8.21. The van der Waals surface area contributed by atoms with E-state index in [2.05, 4.69) is 13.8 Å². The minimum Gasteiger partial charge on any atom is -0.390 e. The fourth-order valence-corrected chi connectivity index (χ4v) is 3.24. The lowest BCUT2D eigenvalue weighted by atomic mass is 9.77. The van der Waals surface area contributed by atoms with Crippen molar-refractivity contribution in [3.05, 3.63) is 0 Å². The van der Waals surface area contributed by atoms with Gasteiger partial charge in [0.25, 0.3) is 0 Å². The average molecular weight is 184 g/mol. The molecule has 0 aliphatic carbocycles. The Bertz CT molecular complexity index is 228. The van der Waals surface area contributed by atoms with Gasteiger partial charge in [0.2, 0.25) is 0 Å². The highest BCUT2D eigenvalue weighted by molar-refractivity contribution is 5.04. The van der Waals surface area contributed by atoms with E-state index in [-0.39, 0.29) is 24.4 Å². The molecule has 0 aromatic heterocycles. The molecule has 3 aliphatic heterocycles. The first-order valence-corrected chi connectivity index (χ1v) is 5.17. The third kappa shape index (κ3) is 0.901. The topological polar surface area (TPSA) is 38.7 Å². The number of hydrogen-bond donors (Lipinski definition) is 1. The van der Waals surface area contributed by atoms with Crippen molar-refractivity contribution in [3.8, 4) is 0 Å². The molecule has 3 aliphatic rings. The molecule has 3 heterocycles. The molecule has 3 heteroatoms. The fraction of sp³-hybridized carbons (Fsp3) is 1.00. The van der Waals surface area contributed by atoms with Crippen molar-refractivity contribution in [1.29, 1.82) is 0 Å². The average Bonchev–Trinajstić information content (AvgIpc) is 2.25. The zero-order valence-electron chi connectivity index (χ0n) is 8.01. The maximum absolute atomic E-state index is 9.77. The van der Waals surface area contributed by atoms with Gasteiger partial charge >= 0.3 is 0 Å². The van der Waals surface area contributed by atoms with E-state index in [1.165, 1.54) is 0 Å². The minimum atomic E-state index is -0.311. The predicted octanol–water partition coefficient (Wildman–Crippen LogP) is 0.558. The van der Waals surface area contributed by atoms with Gasteiger partial charge in [-0.1, -0.05) is 13.8 Å². The quantitative estimate of drug-likeness (QED) is 0.598. The van der Waals surface area contributed by atoms with Crippen LogP contribution in [-0.2, 0) is 9.47 Å². The van der Waals surface area contributed by atoms with Crippen LogP contribution in [0.25, 0.3) is 0 Å². The number of aliphatic hydroxyl groups is 1. The van der Waals surface area contributed by atoms with Crippen LogP contribution in [0.2, 0.25) is 0 Å². The van der Waals surface area contributed by atoms with E-state index in [1.807, 2.05) is 0 Å². The first-order valence-electron chi connectivity index (χ1n) is 5.17. The summed E-state index contributed by atoms with van der Waals surface area (Å²) in [4.78, 5) is 0. The van der Waals surface area contributed by atoms with Gasteiger partial charge in [-0.15, -0.1) is 0 Å². The molecule has 0 amide bonds. The highest BCUT2D eigenvalue weighted by Crippen LogP contribution is 2.47. The van der Waals surface area contributed by atoms with E-state index >= 15 is 0 Å². The molecular weight excluding hydrogens is 168 g/mol. The van der Waals surface area contributed by atoms with Gasteiger partial charge < -0.3 is 14.6 Å². The van der Waals surface area contributed by atoms with Crippen molar-refractivity contribution in [2.45, 2.75) is 50.8 Å². The Labute approximate surface area is 78.0 Å². The van der Waals surface area contributed by atoms with Gasteiger partial charge in [0.05, 0.1) is 30.5 Å². The Morgan fingerprint density at radius 2 is 1.69 bits per heavy atom. The van der Waals surface area contributed by atoms with Crippen molar-refractivity contribution < 1.29 is 14.6 Å². The molecule has 2 unspecified atom stereocenters. The zero-order chi connectivity index (χ0) is 9.16. The van der Waals surface area contributed by atoms with E-state index in [0.717, 1.165) is 6.42 Å². The van der Waals surface area contributed by atoms with Gasteiger partial charge in [-0.3, -0.25) is 0 Å². The maximum Gasteiger partial charge on any atom is 0.0893 e. The van der Waals surface area contributed by atoms with Gasteiger partial charge in [-0.2, -0.15) is 0 Å². The van der Waals surface area contributed by atoms with Crippen LogP contribution in [0.5, 0.6) is 0 Å². The third-order valence-corrected chi connectivity index (χ3v) is 3.94. The minimum absolute atomic E-state index is 0.0185. The summed E-state index contributed by atoms with van der Waals surface area (Å²) >= 11 is 0. The Hall–Kier alpha value is -0.120. The molecule has 3 rings (SSSR count). The molecule has 74 valence electrons. The summed E-state index contributed by atoms with van der Waals surface area (Å²) in [7, 11) is 0. The lowest BCUT2D eigenvalue weighted by molar-refractivity contribution is -0.169. The molecule has 3 nitrogen and oxygen atoms in total. The normalized spacial score (nSPS) is 64.4.